The van der Waals surface area contributed by atoms with Gasteiger partial charge in [0.15, 0.2) is 0 Å². The van der Waals surface area contributed by atoms with Crippen LogP contribution in [0.2, 0.25) is 0 Å². The lowest BCUT2D eigenvalue weighted by Crippen LogP contribution is -2.22. The molecule has 18 heavy (non-hydrogen) atoms. The first-order chi connectivity index (χ1) is 8.72. The first-order valence-corrected chi connectivity index (χ1v) is 6.98. The lowest BCUT2D eigenvalue weighted by molar-refractivity contribution is -0.120. The number of hydrogen-bond acceptors (Lipinski definition) is 3. The summed E-state index contributed by atoms with van der Waals surface area (Å²) in [5.41, 5.74) is 1.88. The first-order valence-electron chi connectivity index (χ1n) is 6.98. The van der Waals surface area contributed by atoms with Crippen LogP contribution in [0.3, 0.4) is 0 Å². The molecule has 0 aromatic carbocycles. The second-order valence-corrected chi connectivity index (χ2v) is 5.11. The maximum atomic E-state index is 12.2. The van der Waals surface area contributed by atoms with Gasteiger partial charge < -0.3 is 4.52 Å². The van der Waals surface area contributed by atoms with Crippen molar-refractivity contribution in [2.45, 2.75) is 58.8 Å². The Morgan fingerprint density at radius 1 is 1.33 bits per heavy atom. The van der Waals surface area contributed by atoms with Crippen molar-refractivity contribution in [3.8, 4) is 0 Å². The largest absolute Gasteiger partial charge is 0.338 e. The molecule has 0 saturated heterocycles. The molecule has 1 saturated carbocycles. The fourth-order valence-electron chi connectivity index (χ4n) is 2.66. The Hall–Kier alpha value is -1.32. The normalized spacial score (nSPS) is 17.4. The fourth-order valence-corrected chi connectivity index (χ4v) is 2.66. The minimum Gasteiger partial charge on any atom is -0.338 e. The van der Waals surface area contributed by atoms with Crippen LogP contribution in [-0.2, 0) is 11.2 Å². The third-order valence-electron chi connectivity index (χ3n) is 3.80. The molecule has 1 N–H and O–H groups in total. The number of rotatable bonds is 3. The standard InChI is InChI=1S/C14H22N2O2/c1-3-12-10(2)16-18-14(12)15-13(17)11-8-6-4-5-7-9-11/h11H,3-9H2,1-2H3,(H,15,17). The molecule has 0 radical (unpaired) electrons. The first kappa shape index (κ1) is 13.1. The van der Waals surface area contributed by atoms with E-state index in [4.69, 9.17) is 4.52 Å². The van der Waals surface area contributed by atoms with Crippen LogP contribution in [0.4, 0.5) is 5.88 Å². The Kier molecular flexibility index (Phi) is 4.39. The van der Waals surface area contributed by atoms with Crippen LogP contribution < -0.4 is 5.32 Å². The van der Waals surface area contributed by atoms with E-state index in [1.807, 2.05) is 13.8 Å². The molecule has 0 aliphatic heterocycles. The van der Waals surface area contributed by atoms with E-state index in [1.165, 1.54) is 12.8 Å². The van der Waals surface area contributed by atoms with Gasteiger partial charge in [-0.3, -0.25) is 10.1 Å². The maximum Gasteiger partial charge on any atom is 0.234 e. The average Bonchev–Trinajstić information content (AvgIpc) is 2.59. The minimum atomic E-state index is 0.0998. The van der Waals surface area contributed by atoms with Gasteiger partial charge in [-0.15, -0.1) is 0 Å². The fraction of sp³-hybridized carbons (Fsp3) is 0.714. The Labute approximate surface area is 108 Å². The number of carbonyl (C=O) groups excluding carboxylic acids is 1. The molecule has 1 aromatic rings. The number of aromatic nitrogens is 1. The highest BCUT2D eigenvalue weighted by Gasteiger charge is 2.22. The highest BCUT2D eigenvalue weighted by molar-refractivity contribution is 5.91. The van der Waals surface area contributed by atoms with E-state index < -0.39 is 0 Å². The van der Waals surface area contributed by atoms with Gasteiger partial charge in [0.2, 0.25) is 11.8 Å². The number of nitrogens with zero attached hydrogens (tertiary/aromatic N) is 1. The van der Waals surface area contributed by atoms with Crippen LogP contribution in [0.5, 0.6) is 0 Å². The second kappa shape index (κ2) is 6.03. The van der Waals surface area contributed by atoms with E-state index in [1.54, 1.807) is 0 Å². The topological polar surface area (TPSA) is 55.1 Å². The van der Waals surface area contributed by atoms with Crippen molar-refractivity contribution >= 4 is 11.8 Å². The summed E-state index contributed by atoms with van der Waals surface area (Å²) in [6.07, 6.45) is 7.66. The number of hydrogen-bond donors (Lipinski definition) is 1. The summed E-state index contributed by atoms with van der Waals surface area (Å²) in [6.45, 7) is 3.95. The summed E-state index contributed by atoms with van der Waals surface area (Å²) in [5, 5.41) is 6.83. The van der Waals surface area contributed by atoms with Gasteiger partial charge in [0.05, 0.1) is 5.69 Å². The summed E-state index contributed by atoms with van der Waals surface area (Å²) in [6, 6.07) is 0. The van der Waals surface area contributed by atoms with Gasteiger partial charge >= 0.3 is 0 Å². The zero-order valence-corrected chi connectivity index (χ0v) is 11.3. The van der Waals surface area contributed by atoms with Crippen LogP contribution in [0.1, 0.15) is 56.7 Å². The Morgan fingerprint density at radius 3 is 2.61 bits per heavy atom. The van der Waals surface area contributed by atoms with E-state index in [0.717, 1.165) is 43.4 Å². The van der Waals surface area contributed by atoms with E-state index in [9.17, 15) is 4.79 Å². The zero-order chi connectivity index (χ0) is 13.0. The summed E-state index contributed by atoms with van der Waals surface area (Å²) in [5.74, 6) is 0.787. The van der Waals surface area contributed by atoms with Crippen molar-refractivity contribution in [2.75, 3.05) is 5.32 Å². The number of nitrogens with one attached hydrogen (secondary N) is 1. The number of carbonyl (C=O) groups is 1. The molecule has 0 unspecified atom stereocenters. The molecule has 1 heterocycles. The van der Waals surface area contributed by atoms with Crippen molar-refractivity contribution < 1.29 is 9.32 Å². The van der Waals surface area contributed by atoms with E-state index in [-0.39, 0.29) is 11.8 Å². The Morgan fingerprint density at radius 2 is 2.00 bits per heavy atom. The summed E-state index contributed by atoms with van der Waals surface area (Å²) in [4.78, 5) is 12.2. The monoisotopic (exact) mass is 250 g/mol. The molecule has 100 valence electrons. The minimum absolute atomic E-state index is 0.0998. The van der Waals surface area contributed by atoms with E-state index in [0.29, 0.717) is 5.88 Å². The molecule has 1 aliphatic rings. The summed E-state index contributed by atoms with van der Waals surface area (Å²) < 4.78 is 5.20. The SMILES string of the molecule is CCc1c(C)noc1NC(=O)C1CCCCCC1. The summed E-state index contributed by atoms with van der Waals surface area (Å²) >= 11 is 0. The van der Waals surface area contributed by atoms with Gasteiger partial charge in [0, 0.05) is 11.5 Å². The highest BCUT2D eigenvalue weighted by atomic mass is 16.5. The zero-order valence-electron chi connectivity index (χ0n) is 11.3. The molecule has 1 amide bonds. The van der Waals surface area contributed by atoms with E-state index >= 15 is 0 Å². The van der Waals surface area contributed by atoms with Crippen molar-refractivity contribution in [1.29, 1.82) is 0 Å². The predicted octanol–water partition coefficient (Wildman–Crippen LogP) is 3.45. The lowest BCUT2D eigenvalue weighted by atomic mass is 9.99. The average molecular weight is 250 g/mol. The van der Waals surface area contributed by atoms with Crippen LogP contribution in [0, 0.1) is 12.8 Å². The molecule has 0 bridgehead atoms. The molecule has 1 fully saturated rings. The number of anilines is 1. The van der Waals surface area contributed by atoms with Crippen LogP contribution >= 0.6 is 0 Å². The molecule has 4 nitrogen and oxygen atoms in total. The van der Waals surface area contributed by atoms with Crippen molar-refractivity contribution in [2.24, 2.45) is 5.92 Å². The third-order valence-corrected chi connectivity index (χ3v) is 3.80. The van der Waals surface area contributed by atoms with Crippen molar-refractivity contribution in [3.05, 3.63) is 11.3 Å². The second-order valence-electron chi connectivity index (χ2n) is 5.11. The summed E-state index contributed by atoms with van der Waals surface area (Å²) in [7, 11) is 0. The van der Waals surface area contributed by atoms with E-state index in [2.05, 4.69) is 10.5 Å². The number of aryl methyl sites for hydroxylation is 1. The van der Waals surface area contributed by atoms with Crippen LogP contribution in [-0.4, -0.2) is 11.1 Å². The van der Waals surface area contributed by atoms with Crippen LogP contribution in [0.25, 0.3) is 0 Å². The smallest absolute Gasteiger partial charge is 0.234 e. The highest BCUT2D eigenvalue weighted by Crippen LogP contribution is 2.26. The molecule has 0 atom stereocenters. The molecule has 0 spiro atoms. The van der Waals surface area contributed by atoms with Crippen molar-refractivity contribution in [1.82, 2.24) is 5.16 Å². The van der Waals surface area contributed by atoms with Gasteiger partial charge in [0.25, 0.3) is 0 Å². The quantitative estimate of drug-likeness (QED) is 0.836. The molecule has 1 aliphatic carbocycles. The van der Waals surface area contributed by atoms with Crippen LogP contribution in [0.15, 0.2) is 4.52 Å². The predicted molar refractivity (Wildman–Crippen MR) is 70.4 cm³/mol. The van der Waals surface area contributed by atoms with Gasteiger partial charge in [-0.05, 0) is 26.2 Å². The molecular weight excluding hydrogens is 228 g/mol. The third kappa shape index (κ3) is 2.92. The Bertz CT molecular complexity index is 404. The molecule has 4 heteroatoms. The maximum absolute atomic E-state index is 12.2. The van der Waals surface area contributed by atoms with Gasteiger partial charge in [0.1, 0.15) is 0 Å². The molecule has 2 rings (SSSR count). The van der Waals surface area contributed by atoms with Gasteiger partial charge in [-0.25, -0.2) is 0 Å². The molecule has 1 aromatic heterocycles. The Balaban J connectivity index is 2.01. The molecular formula is C14H22N2O2. The van der Waals surface area contributed by atoms with Crippen molar-refractivity contribution in [3.63, 3.8) is 0 Å². The lowest BCUT2D eigenvalue weighted by Gasteiger charge is -2.12. The van der Waals surface area contributed by atoms with Gasteiger partial charge in [-0.1, -0.05) is 37.8 Å². The number of amides is 1. The van der Waals surface area contributed by atoms with Gasteiger partial charge in [-0.2, -0.15) is 0 Å².